The lowest BCUT2D eigenvalue weighted by Gasteiger charge is -2.40. The first-order valence-electron chi connectivity index (χ1n) is 11.1. The van der Waals surface area contributed by atoms with Crippen LogP contribution in [0.25, 0.3) is 0 Å². The molecule has 1 atom stereocenters. The van der Waals surface area contributed by atoms with E-state index < -0.39 is 22.2 Å². The Labute approximate surface area is 199 Å². The van der Waals surface area contributed by atoms with E-state index in [1.807, 2.05) is 54.6 Å². The molecule has 1 spiro atoms. The average Bonchev–Trinajstić information content (AvgIpc) is 3.14. The van der Waals surface area contributed by atoms with Crippen molar-refractivity contribution in [3.63, 3.8) is 0 Å². The van der Waals surface area contributed by atoms with E-state index in [0.29, 0.717) is 38.2 Å². The number of likely N-dealkylation sites (tertiary alicyclic amines) is 1. The van der Waals surface area contributed by atoms with Gasteiger partial charge in [0.25, 0.3) is 5.91 Å². The number of nitrogens with two attached hydrogens (primary N) is 1. The van der Waals surface area contributed by atoms with Crippen molar-refractivity contribution in [3.8, 4) is 0 Å². The van der Waals surface area contributed by atoms with Crippen molar-refractivity contribution < 1.29 is 27.5 Å². The number of hydrogen-bond acceptors (Lipinski definition) is 6. The Balaban J connectivity index is 1.42. The van der Waals surface area contributed by atoms with Crippen LogP contribution >= 0.6 is 0 Å². The van der Waals surface area contributed by atoms with Crippen LogP contribution in [-0.4, -0.2) is 63.9 Å². The van der Waals surface area contributed by atoms with Crippen molar-refractivity contribution in [2.24, 2.45) is 5.73 Å². The Kier molecular flexibility index (Phi) is 6.81. The number of ether oxygens (including phenoxy) is 2. The Morgan fingerprint density at radius 2 is 1.71 bits per heavy atom. The highest BCUT2D eigenvalue weighted by Crippen LogP contribution is 2.47. The monoisotopic (exact) mass is 487 g/mol. The minimum atomic E-state index is -3.42. The molecule has 182 valence electrons. The van der Waals surface area contributed by atoms with Gasteiger partial charge in [0.2, 0.25) is 16.1 Å². The summed E-state index contributed by atoms with van der Waals surface area (Å²) in [4.78, 5) is 26.2. The molecule has 9 nitrogen and oxygen atoms in total. The molecule has 2 aliphatic rings. The summed E-state index contributed by atoms with van der Waals surface area (Å²) in [5.74, 6) is -0.368. The molecule has 2 aromatic carbocycles. The maximum atomic E-state index is 13.2. The minimum Gasteiger partial charge on any atom is -0.434 e. The summed E-state index contributed by atoms with van der Waals surface area (Å²) >= 11 is 0. The lowest BCUT2D eigenvalue weighted by Crippen LogP contribution is -2.51. The number of fused-ring (bicyclic) bond motifs is 2. The van der Waals surface area contributed by atoms with Gasteiger partial charge in [-0.2, -0.15) is 0 Å². The highest BCUT2D eigenvalue weighted by atomic mass is 32.2. The van der Waals surface area contributed by atoms with Gasteiger partial charge in [-0.1, -0.05) is 48.5 Å². The Morgan fingerprint density at radius 1 is 1.06 bits per heavy atom. The first kappa shape index (κ1) is 24.0. The van der Waals surface area contributed by atoms with E-state index >= 15 is 0 Å². The lowest BCUT2D eigenvalue weighted by atomic mass is 9.74. The molecule has 1 saturated heterocycles. The van der Waals surface area contributed by atoms with Crippen LogP contribution < -0.4 is 10.0 Å². The molecule has 2 amide bonds. The highest BCUT2D eigenvalue weighted by molar-refractivity contribution is 7.92. The van der Waals surface area contributed by atoms with Gasteiger partial charge in [0, 0.05) is 25.0 Å². The fourth-order valence-electron chi connectivity index (χ4n) is 4.82. The summed E-state index contributed by atoms with van der Waals surface area (Å²) < 4.78 is 36.9. The van der Waals surface area contributed by atoms with Gasteiger partial charge in [0.05, 0.1) is 25.2 Å². The molecule has 0 radical (unpaired) electrons. The molecule has 0 aromatic heterocycles. The van der Waals surface area contributed by atoms with Crippen molar-refractivity contribution in [1.82, 2.24) is 4.90 Å². The van der Waals surface area contributed by atoms with Crippen LogP contribution in [0.5, 0.6) is 0 Å². The predicted molar refractivity (Wildman–Crippen MR) is 127 cm³/mol. The summed E-state index contributed by atoms with van der Waals surface area (Å²) in [5.41, 5.74) is 7.46. The van der Waals surface area contributed by atoms with E-state index in [0.717, 1.165) is 11.1 Å². The molecule has 0 aliphatic carbocycles. The number of para-hydroxylation sites is 1. The van der Waals surface area contributed by atoms with Crippen LogP contribution in [0.3, 0.4) is 0 Å². The van der Waals surface area contributed by atoms with Crippen LogP contribution in [0, 0.1) is 0 Å². The number of primary amides is 1. The Hall–Kier alpha value is -3.11. The number of nitrogens with zero attached hydrogens (tertiary/aromatic N) is 2. The van der Waals surface area contributed by atoms with Crippen molar-refractivity contribution in [1.29, 1.82) is 0 Å². The maximum absolute atomic E-state index is 13.2. The normalized spacial score (nSPS) is 17.9. The predicted octanol–water partition coefficient (Wildman–Crippen LogP) is 2.01. The van der Waals surface area contributed by atoms with Crippen molar-refractivity contribution in [3.05, 3.63) is 65.7 Å². The average molecular weight is 488 g/mol. The van der Waals surface area contributed by atoms with Gasteiger partial charge in [-0.05, 0) is 30.0 Å². The largest absolute Gasteiger partial charge is 0.434 e. The third-order valence-electron chi connectivity index (χ3n) is 6.54. The number of anilines is 1. The molecule has 2 aromatic rings. The number of hydrogen-bond donors (Lipinski definition) is 1. The molecule has 1 unspecified atom stereocenters. The standard InChI is InChI=1S/C24H29N3O6S/c1-34(30,31)27-17-24(19-9-5-6-10-20(19)27)11-13-26(14-12-24)22(28)21(33-23(25)29)16-32-15-18-7-3-2-4-8-18/h2-10,21H,11-17H2,1H3,(H2,25,29). The Bertz CT molecular complexity index is 1150. The number of amides is 2. The fourth-order valence-corrected chi connectivity index (χ4v) is 5.82. The zero-order valence-corrected chi connectivity index (χ0v) is 19.9. The maximum Gasteiger partial charge on any atom is 0.405 e. The number of carbonyl (C=O) groups is 2. The van der Waals surface area contributed by atoms with Crippen LogP contribution in [0.2, 0.25) is 0 Å². The second-order valence-electron chi connectivity index (χ2n) is 8.82. The second kappa shape index (κ2) is 9.63. The summed E-state index contributed by atoms with van der Waals surface area (Å²) in [7, 11) is -3.42. The van der Waals surface area contributed by atoms with Gasteiger partial charge in [-0.15, -0.1) is 0 Å². The van der Waals surface area contributed by atoms with Gasteiger partial charge in [-0.25, -0.2) is 13.2 Å². The molecule has 34 heavy (non-hydrogen) atoms. The SMILES string of the molecule is CS(=O)(=O)N1CC2(CCN(C(=O)C(COCc3ccccc3)OC(N)=O)CC2)c2ccccc21. The van der Waals surface area contributed by atoms with Crippen molar-refractivity contribution >= 4 is 27.7 Å². The van der Waals surface area contributed by atoms with Crippen LogP contribution in [0.1, 0.15) is 24.0 Å². The molecule has 0 saturated carbocycles. The molecule has 2 aliphatic heterocycles. The second-order valence-corrected chi connectivity index (χ2v) is 10.7. The zero-order chi connectivity index (χ0) is 24.3. The molecule has 2 N–H and O–H groups in total. The highest BCUT2D eigenvalue weighted by Gasteiger charge is 2.48. The topological polar surface area (TPSA) is 119 Å². The van der Waals surface area contributed by atoms with Gasteiger partial charge < -0.3 is 20.1 Å². The quantitative estimate of drug-likeness (QED) is 0.638. The third kappa shape index (κ3) is 5.02. The molecule has 10 heteroatoms. The summed E-state index contributed by atoms with van der Waals surface area (Å²) in [6, 6.07) is 17.0. The molecule has 2 heterocycles. The van der Waals surface area contributed by atoms with E-state index in [1.54, 1.807) is 4.90 Å². The number of benzene rings is 2. The number of rotatable bonds is 7. The molecule has 4 rings (SSSR count). The summed E-state index contributed by atoms with van der Waals surface area (Å²) in [6.07, 6.45) is 0.219. The molecular weight excluding hydrogens is 458 g/mol. The first-order valence-corrected chi connectivity index (χ1v) is 13.0. The van der Waals surface area contributed by atoms with E-state index in [4.69, 9.17) is 15.2 Å². The Morgan fingerprint density at radius 3 is 2.35 bits per heavy atom. The van der Waals surface area contributed by atoms with Gasteiger partial charge >= 0.3 is 6.09 Å². The van der Waals surface area contributed by atoms with E-state index in [9.17, 15) is 18.0 Å². The summed E-state index contributed by atoms with van der Waals surface area (Å²) in [5, 5.41) is 0. The van der Waals surface area contributed by atoms with Crippen molar-refractivity contribution in [2.45, 2.75) is 31.0 Å². The van der Waals surface area contributed by atoms with Crippen LogP contribution in [0.15, 0.2) is 54.6 Å². The van der Waals surface area contributed by atoms with Crippen molar-refractivity contribution in [2.75, 3.05) is 36.8 Å². The lowest BCUT2D eigenvalue weighted by molar-refractivity contribution is -0.145. The number of carbonyl (C=O) groups excluding carboxylic acids is 2. The minimum absolute atomic E-state index is 0.108. The van der Waals surface area contributed by atoms with E-state index in [2.05, 4.69) is 0 Å². The fraction of sp³-hybridized carbons (Fsp3) is 0.417. The third-order valence-corrected chi connectivity index (χ3v) is 7.66. The number of piperidine rings is 1. The summed E-state index contributed by atoms with van der Waals surface area (Å²) in [6.45, 7) is 1.33. The molecular formula is C24H29N3O6S. The van der Waals surface area contributed by atoms with Gasteiger partial charge in [0.15, 0.2) is 0 Å². The zero-order valence-electron chi connectivity index (χ0n) is 19.1. The van der Waals surface area contributed by atoms with E-state index in [-0.39, 0.29) is 24.5 Å². The van der Waals surface area contributed by atoms with Gasteiger partial charge in [0.1, 0.15) is 0 Å². The number of sulfonamides is 1. The van der Waals surface area contributed by atoms with Gasteiger partial charge in [-0.3, -0.25) is 9.10 Å². The van der Waals surface area contributed by atoms with E-state index in [1.165, 1.54) is 10.6 Å². The molecule has 0 bridgehead atoms. The van der Waals surface area contributed by atoms with Crippen LogP contribution in [0.4, 0.5) is 10.5 Å². The first-order chi connectivity index (χ1) is 16.2. The smallest absolute Gasteiger partial charge is 0.405 e. The van der Waals surface area contributed by atoms with Crippen LogP contribution in [-0.2, 0) is 36.3 Å². The molecule has 1 fully saturated rings.